The summed E-state index contributed by atoms with van der Waals surface area (Å²) in [6.45, 7) is 6.23. The molecule has 1 unspecified atom stereocenters. The number of aliphatic imine (C=N–C) groups is 1. The molecular formula is C24H35IN4O2S. The van der Waals surface area contributed by atoms with Gasteiger partial charge in [0.1, 0.15) is 0 Å². The molecule has 2 aromatic rings. The van der Waals surface area contributed by atoms with Crippen molar-refractivity contribution in [1.29, 1.82) is 0 Å². The van der Waals surface area contributed by atoms with Crippen LogP contribution in [0.3, 0.4) is 0 Å². The molecule has 1 heterocycles. The molecule has 1 aliphatic rings. The molecule has 1 atom stereocenters. The van der Waals surface area contributed by atoms with Gasteiger partial charge in [-0.05, 0) is 57.0 Å². The number of nitrogens with zero attached hydrogens (tertiary/aromatic N) is 2. The Morgan fingerprint density at radius 1 is 1.00 bits per heavy atom. The Morgan fingerprint density at radius 2 is 1.62 bits per heavy atom. The third kappa shape index (κ3) is 8.04. The average molecular weight is 571 g/mol. The first-order valence-electron chi connectivity index (χ1n) is 11.2. The molecule has 2 N–H and O–H groups in total. The molecule has 0 aromatic heterocycles. The summed E-state index contributed by atoms with van der Waals surface area (Å²) in [5.41, 5.74) is 1.29. The summed E-state index contributed by atoms with van der Waals surface area (Å²) >= 11 is 0. The van der Waals surface area contributed by atoms with Crippen LogP contribution in [0.15, 0.2) is 70.6 Å². The number of halogens is 1. The maximum Gasteiger partial charge on any atom is 0.191 e. The van der Waals surface area contributed by atoms with Crippen LogP contribution in [0.5, 0.6) is 0 Å². The number of nitrogens with one attached hydrogen (secondary N) is 2. The molecule has 8 heteroatoms. The van der Waals surface area contributed by atoms with Gasteiger partial charge in [0.05, 0.1) is 23.2 Å². The van der Waals surface area contributed by atoms with E-state index < -0.39 is 9.84 Å². The molecular weight excluding hydrogens is 535 g/mol. The van der Waals surface area contributed by atoms with Gasteiger partial charge in [-0.2, -0.15) is 0 Å². The molecule has 1 fully saturated rings. The lowest BCUT2D eigenvalue weighted by molar-refractivity contribution is 0.251. The van der Waals surface area contributed by atoms with Gasteiger partial charge < -0.3 is 10.6 Å². The molecule has 2 aromatic carbocycles. The SMILES string of the molecule is CCNC(=NCC(c1ccccc1)N1CCCC1)NCCCS(=O)(=O)c1ccccc1.I. The molecule has 1 aliphatic heterocycles. The summed E-state index contributed by atoms with van der Waals surface area (Å²) in [6, 6.07) is 19.4. The first kappa shape index (κ1) is 26.6. The predicted molar refractivity (Wildman–Crippen MR) is 142 cm³/mol. The normalized spacial score (nSPS) is 15.7. The summed E-state index contributed by atoms with van der Waals surface area (Å²) in [4.78, 5) is 7.72. The Bertz CT molecular complexity index is 918. The number of hydrogen-bond donors (Lipinski definition) is 2. The van der Waals surface area contributed by atoms with E-state index in [0.717, 1.165) is 25.6 Å². The molecule has 1 saturated heterocycles. The number of rotatable bonds is 10. The highest BCUT2D eigenvalue weighted by molar-refractivity contribution is 14.0. The van der Waals surface area contributed by atoms with E-state index in [1.807, 2.05) is 19.1 Å². The molecule has 176 valence electrons. The van der Waals surface area contributed by atoms with Crippen molar-refractivity contribution in [3.63, 3.8) is 0 Å². The van der Waals surface area contributed by atoms with Crippen molar-refractivity contribution < 1.29 is 8.42 Å². The zero-order valence-electron chi connectivity index (χ0n) is 18.7. The lowest BCUT2D eigenvalue weighted by Crippen LogP contribution is -2.39. The second kappa shape index (κ2) is 13.8. The van der Waals surface area contributed by atoms with Crippen LogP contribution in [0.2, 0.25) is 0 Å². The summed E-state index contributed by atoms with van der Waals surface area (Å²) in [5, 5.41) is 6.58. The Labute approximate surface area is 209 Å². The van der Waals surface area contributed by atoms with Crippen LogP contribution in [-0.2, 0) is 9.84 Å². The summed E-state index contributed by atoms with van der Waals surface area (Å²) in [7, 11) is -3.25. The van der Waals surface area contributed by atoms with E-state index in [4.69, 9.17) is 4.99 Å². The van der Waals surface area contributed by atoms with Crippen molar-refractivity contribution in [1.82, 2.24) is 15.5 Å². The van der Waals surface area contributed by atoms with Crippen molar-refractivity contribution >= 4 is 39.8 Å². The van der Waals surface area contributed by atoms with Gasteiger partial charge in [-0.1, -0.05) is 48.5 Å². The zero-order valence-corrected chi connectivity index (χ0v) is 21.9. The predicted octanol–water partition coefficient (Wildman–Crippen LogP) is 3.86. The lowest BCUT2D eigenvalue weighted by Gasteiger charge is -2.27. The highest BCUT2D eigenvalue weighted by atomic mass is 127. The quantitative estimate of drug-likeness (QED) is 0.197. The lowest BCUT2D eigenvalue weighted by atomic mass is 10.1. The van der Waals surface area contributed by atoms with Crippen LogP contribution >= 0.6 is 24.0 Å². The molecule has 0 spiro atoms. The number of likely N-dealkylation sites (tertiary alicyclic amines) is 1. The van der Waals surface area contributed by atoms with E-state index >= 15 is 0 Å². The van der Waals surface area contributed by atoms with E-state index in [-0.39, 0.29) is 35.8 Å². The van der Waals surface area contributed by atoms with Crippen molar-refractivity contribution in [3.05, 3.63) is 66.2 Å². The number of guanidine groups is 1. The summed E-state index contributed by atoms with van der Waals surface area (Å²) < 4.78 is 24.9. The Hall–Kier alpha value is -1.65. The minimum atomic E-state index is -3.25. The smallest absolute Gasteiger partial charge is 0.191 e. The second-order valence-electron chi connectivity index (χ2n) is 7.80. The van der Waals surface area contributed by atoms with Gasteiger partial charge in [0.2, 0.25) is 0 Å². The van der Waals surface area contributed by atoms with Crippen molar-refractivity contribution in [2.75, 3.05) is 38.5 Å². The molecule has 0 radical (unpaired) electrons. The van der Waals surface area contributed by atoms with E-state index in [1.54, 1.807) is 24.3 Å². The fourth-order valence-electron chi connectivity index (χ4n) is 3.89. The maximum atomic E-state index is 12.4. The molecule has 32 heavy (non-hydrogen) atoms. The first-order valence-corrected chi connectivity index (χ1v) is 12.8. The number of sulfone groups is 1. The first-order chi connectivity index (χ1) is 15.1. The number of hydrogen-bond acceptors (Lipinski definition) is 4. The van der Waals surface area contributed by atoms with Crippen LogP contribution in [0.4, 0.5) is 0 Å². The molecule has 0 saturated carbocycles. The van der Waals surface area contributed by atoms with Gasteiger partial charge in [-0.15, -0.1) is 24.0 Å². The molecule has 0 amide bonds. The minimum absolute atomic E-state index is 0. The van der Waals surface area contributed by atoms with Crippen molar-refractivity contribution in [2.45, 2.75) is 37.1 Å². The van der Waals surface area contributed by atoms with Crippen LogP contribution in [-0.4, -0.2) is 57.8 Å². The number of benzene rings is 2. The van der Waals surface area contributed by atoms with E-state index in [0.29, 0.717) is 24.4 Å². The maximum absolute atomic E-state index is 12.4. The molecule has 0 aliphatic carbocycles. The van der Waals surface area contributed by atoms with Crippen LogP contribution in [0.1, 0.15) is 37.8 Å². The third-order valence-electron chi connectivity index (χ3n) is 5.52. The van der Waals surface area contributed by atoms with Gasteiger partial charge in [-0.3, -0.25) is 9.89 Å². The van der Waals surface area contributed by atoms with E-state index in [9.17, 15) is 8.42 Å². The van der Waals surface area contributed by atoms with Crippen LogP contribution in [0.25, 0.3) is 0 Å². The fraction of sp³-hybridized carbons (Fsp3) is 0.458. The van der Waals surface area contributed by atoms with E-state index in [2.05, 4.69) is 39.8 Å². The molecule has 3 rings (SSSR count). The Morgan fingerprint density at radius 3 is 2.25 bits per heavy atom. The van der Waals surface area contributed by atoms with Gasteiger partial charge in [0, 0.05) is 13.1 Å². The zero-order chi connectivity index (χ0) is 21.9. The Kier molecular flexibility index (Phi) is 11.5. The topological polar surface area (TPSA) is 73.8 Å². The highest BCUT2D eigenvalue weighted by Gasteiger charge is 2.23. The average Bonchev–Trinajstić information content (AvgIpc) is 3.33. The van der Waals surface area contributed by atoms with Gasteiger partial charge in [0.15, 0.2) is 15.8 Å². The Balaban J connectivity index is 0.00000363. The molecule has 0 bridgehead atoms. The fourth-order valence-corrected chi connectivity index (χ4v) is 5.23. The highest BCUT2D eigenvalue weighted by Crippen LogP contribution is 2.25. The van der Waals surface area contributed by atoms with Crippen molar-refractivity contribution in [3.8, 4) is 0 Å². The van der Waals surface area contributed by atoms with Gasteiger partial charge in [0.25, 0.3) is 0 Å². The summed E-state index contributed by atoms with van der Waals surface area (Å²) in [5.74, 6) is 0.851. The van der Waals surface area contributed by atoms with E-state index in [1.165, 1.54) is 18.4 Å². The third-order valence-corrected chi connectivity index (χ3v) is 7.33. The largest absolute Gasteiger partial charge is 0.357 e. The van der Waals surface area contributed by atoms with Crippen LogP contribution < -0.4 is 10.6 Å². The minimum Gasteiger partial charge on any atom is -0.357 e. The van der Waals surface area contributed by atoms with Crippen molar-refractivity contribution in [2.24, 2.45) is 4.99 Å². The second-order valence-corrected chi connectivity index (χ2v) is 9.91. The van der Waals surface area contributed by atoms with Crippen LogP contribution in [0, 0.1) is 0 Å². The monoisotopic (exact) mass is 570 g/mol. The standard InChI is InChI=1S/C24H34N4O2S.HI/c1-2-25-24(26-16-11-19-31(29,30)22-14-7-4-8-15-22)27-20-23(28-17-9-10-18-28)21-12-5-3-6-13-21;/h3-8,12-15,23H,2,9-11,16-20H2,1H3,(H2,25,26,27);1H. The van der Waals surface area contributed by atoms with Gasteiger partial charge in [-0.25, -0.2) is 8.42 Å². The molecule has 6 nitrogen and oxygen atoms in total. The van der Waals surface area contributed by atoms with Gasteiger partial charge >= 0.3 is 0 Å². The summed E-state index contributed by atoms with van der Waals surface area (Å²) in [6.07, 6.45) is 3.00.